The summed E-state index contributed by atoms with van der Waals surface area (Å²) in [6, 6.07) is 1.51. The number of amides is 2. The third kappa shape index (κ3) is 2.63. The minimum Gasteiger partial charge on any atom is -0.367 e. The molecular formula is C9H14N6O. The summed E-state index contributed by atoms with van der Waals surface area (Å²) in [5.41, 5.74) is 6.11. The van der Waals surface area contributed by atoms with Crippen LogP contribution in [0.1, 0.15) is 11.3 Å². The number of nitrogens with one attached hydrogen (secondary N) is 2. The van der Waals surface area contributed by atoms with Gasteiger partial charge in [0, 0.05) is 20.1 Å². The van der Waals surface area contributed by atoms with Crippen molar-refractivity contribution in [2.75, 3.05) is 18.4 Å². The van der Waals surface area contributed by atoms with Crippen LogP contribution in [0.15, 0.2) is 0 Å². The number of primary amides is 1. The summed E-state index contributed by atoms with van der Waals surface area (Å²) >= 11 is 0. The van der Waals surface area contributed by atoms with Gasteiger partial charge in [0.25, 0.3) is 0 Å². The lowest BCUT2D eigenvalue weighted by Crippen LogP contribution is -2.33. The molecule has 0 saturated heterocycles. The Balaban J connectivity index is 2.60. The van der Waals surface area contributed by atoms with Gasteiger partial charge < -0.3 is 16.4 Å². The molecule has 0 saturated carbocycles. The largest absolute Gasteiger partial charge is 0.367 e. The number of nitrogens with zero attached hydrogens (tertiary/aromatic N) is 3. The van der Waals surface area contributed by atoms with Crippen molar-refractivity contribution in [1.82, 2.24) is 15.1 Å². The van der Waals surface area contributed by atoms with E-state index in [-0.39, 0.29) is 0 Å². The maximum atomic E-state index is 10.4. The molecule has 0 radical (unpaired) electrons. The summed E-state index contributed by atoms with van der Waals surface area (Å²) in [4.78, 5) is 10.4. The molecule has 0 bridgehead atoms. The first kappa shape index (κ1) is 11.8. The Morgan fingerprint density at radius 2 is 2.31 bits per heavy atom. The van der Waals surface area contributed by atoms with Crippen molar-refractivity contribution in [2.45, 2.75) is 6.92 Å². The van der Waals surface area contributed by atoms with Crippen LogP contribution in [0.4, 0.5) is 10.6 Å². The average molecular weight is 222 g/mol. The van der Waals surface area contributed by atoms with Crippen molar-refractivity contribution in [3.05, 3.63) is 11.3 Å². The Bertz CT molecular complexity index is 430. The van der Waals surface area contributed by atoms with Gasteiger partial charge in [0.2, 0.25) is 0 Å². The molecule has 86 valence electrons. The lowest BCUT2D eigenvalue weighted by molar-refractivity contribution is 0.249. The number of carbonyl (C=O) groups is 1. The van der Waals surface area contributed by atoms with Crippen LogP contribution in [0, 0.1) is 18.3 Å². The number of anilines is 1. The minimum absolute atomic E-state index is 0.393. The molecule has 4 N–H and O–H groups in total. The zero-order chi connectivity index (χ0) is 12.1. The van der Waals surface area contributed by atoms with Crippen LogP contribution < -0.4 is 16.4 Å². The van der Waals surface area contributed by atoms with E-state index in [1.807, 2.05) is 0 Å². The molecule has 0 aliphatic carbocycles. The summed E-state index contributed by atoms with van der Waals surface area (Å²) < 4.78 is 1.60. The second-order valence-electron chi connectivity index (χ2n) is 3.26. The molecule has 0 atom stereocenters. The summed E-state index contributed by atoms with van der Waals surface area (Å²) in [5, 5.41) is 18.5. The zero-order valence-corrected chi connectivity index (χ0v) is 9.24. The SMILES string of the molecule is Cc1nn(C)c(NCCNC(N)=O)c1C#N. The monoisotopic (exact) mass is 222 g/mol. The number of rotatable bonds is 4. The number of carbonyl (C=O) groups excluding carboxylic acids is 1. The van der Waals surface area contributed by atoms with Crippen LogP contribution in [-0.2, 0) is 7.05 Å². The molecule has 0 aliphatic rings. The van der Waals surface area contributed by atoms with Crippen LogP contribution >= 0.6 is 0 Å². The number of aryl methyl sites for hydroxylation is 2. The molecule has 0 aliphatic heterocycles. The molecule has 1 aromatic heterocycles. The molecule has 0 spiro atoms. The summed E-state index contributed by atoms with van der Waals surface area (Å²) in [6.45, 7) is 2.65. The number of urea groups is 1. The van der Waals surface area contributed by atoms with Gasteiger partial charge >= 0.3 is 6.03 Å². The molecule has 0 aromatic carbocycles. The van der Waals surface area contributed by atoms with Gasteiger partial charge in [0.1, 0.15) is 17.5 Å². The van der Waals surface area contributed by atoms with Gasteiger partial charge in [-0.05, 0) is 6.92 Å². The number of hydrogen-bond acceptors (Lipinski definition) is 4. The van der Waals surface area contributed by atoms with Gasteiger partial charge in [-0.1, -0.05) is 0 Å². The van der Waals surface area contributed by atoms with Crippen LogP contribution in [-0.4, -0.2) is 28.9 Å². The Labute approximate surface area is 93.2 Å². The molecule has 0 fully saturated rings. The van der Waals surface area contributed by atoms with E-state index in [1.165, 1.54) is 0 Å². The van der Waals surface area contributed by atoms with Crippen LogP contribution in [0.2, 0.25) is 0 Å². The maximum Gasteiger partial charge on any atom is 0.312 e. The highest BCUT2D eigenvalue weighted by molar-refractivity contribution is 5.71. The van der Waals surface area contributed by atoms with Gasteiger partial charge in [0.05, 0.1) is 5.69 Å². The molecule has 2 amide bonds. The van der Waals surface area contributed by atoms with E-state index in [9.17, 15) is 4.79 Å². The molecule has 1 heterocycles. The number of nitriles is 1. The molecule has 7 nitrogen and oxygen atoms in total. The normalized spacial score (nSPS) is 9.56. The molecule has 1 aromatic rings. The smallest absolute Gasteiger partial charge is 0.312 e. The predicted octanol–water partition coefficient (Wildman–Crippen LogP) is -0.320. The topological polar surface area (TPSA) is 109 Å². The Kier molecular flexibility index (Phi) is 3.72. The predicted molar refractivity (Wildman–Crippen MR) is 58.7 cm³/mol. The Morgan fingerprint density at radius 1 is 1.62 bits per heavy atom. The second-order valence-corrected chi connectivity index (χ2v) is 3.26. The quantitative estimate of drug-likeness (QED) is 0.606. The fraction of sp³-hybridized carbons (Fsp3) is 0.444. The standard InChI is InChI=1S/C9H14N6O/c1-6-7(5-10)8(15(2)14-6)12-3-4-13-9(11)16/h12H,3-4H2,1-2H3,(H3,11,13,16). The summed E-state index contributed by atoms with van der Waals surface area (Å²) in [7, 11) is 1.75. The zero-order valence-electron chi connectivity index (χ0n) is 9.24. The number of hydrogen-bond donors (Lipinski definition) is 3. The van der Waals surface area contributed by atoms with Crippen molar-refractivity contribution in [1.29, 1.82) is 5.26 Å². The van der Waals surface area contributed by atoms with Crippen LogP contribution in [0.5, 0.6) is 0 Å². The van der Waals surface area contributed by atoms with Crippen molar-refractivity contribution >= 4 is 11.8 Å². The highest BCUT2D eigenvalue weighted by Crippen LogP contribution is 2.16. The number of aromatic nitrogens is 2. The highest BCUT2D eigenvalue weighted by atomic mass is 16.2. The fourth-order valence-electron chi connectivity index (χ4n) is 1.36. The van der Waals surface area contributed by atoms with Crippen LogP contribution in [0.25, 0.3) is 0 Å². The first-order valence-electron chi connectivity index (χ1n) is 4.77. The van der Waals surface area contributed by atoms with Crippen molar-refractivity contribution in [3.8, 4) is 6.07 Å². The van der Waals surface area contributed by atoms with E-state index in [1.54, 1.807) is 18.7 Å². The Morgan fingerprint density at radius 3 is 2.88 bits per heavy atom. The van der Waals surface area contributed by atoms with Crippen molar-refractivity contribution in [3.63, 3.8) is 0 Å². The number of nitrogens with two attached hydrogens (primary N) is 1. The van der Waals surface area contributed by atoms with E-state index in [0.717, 1.165) is 0 Å². The van der Waals surface area contributed by atoms with Gasteiger partial charge in [0.15, 0.2) is 0 Å². The summed E-state index contributed by atoms with van der Waals surface area (Å²) in [6.07, 6.45) is 0. The lowest BCUT2D eigenvalue weighted by atomic mass is 10.2. The maximum absolute atomic E-state index is 10.4. The van der Waals surface area contributed by atoms with E-state index >= 15 is 0 Å². The summed E-state index contributed by atoms with van der Waals surface area (Å²) in [5.74, 6) is 0.645. The third-order valence-electron chi connectivity index (χ3n) is 2.05. The van der Waals surface area contributed by atoms with Gasteiger partial charge in [-0.2, -0.15) is 10.4 Å². The fourth-order valence-corrected chi connectivity index (χ4v) is 1.36. The first-order valence-corrected chi connectivity index (χ1v) is 4.77. The third-order valence-corrected chi connectivity index (χ3v) is 2.05. The van der Waals surface area contributed by atoms with Gasteiger partial charge in [-0.25, -0.2) is 4.79 Å². The minimum atomic E-state index is -0.566. The second kappa shape index (κ2) is 5.02. The van der Waals surface area contributed by atoms with Gasteiger partial charge in [-0.15, -0.1) is 0 Å². The molecule has 16 heavy (non-hydrogen) atoms. The van der Waals surface area contributed by atoms with Gasteiger partial charge in [-0.3, -0.25) is 4.68 Å². The Hall–Kier alpha value is -2.23. The average Bonchev–Trinajstić information content (AvgIpc) is 2.47. The highest BCUT2D eigenvalue weighted by Gasteiger charge is 2.11. The molecule has 7 heteroatoms. The first-order chi connectivity index (χ1) is 7.56. The lowest BCUT2D eigenvalue weighted by Gasteiger charge is -2.06. The molecular weight excluding hydrogens is 208 g/mol. The van der Waals surface area contributed by atoms with Crippen molar-refractivity contribution < 1.29 is 4.79 Å². The van der Waals surface area contributed by atoms with E-state index in [4.69, 9.17) is 11.0 Å². The van der Waals surface area contributed by atoms with E-state index in [0.29, 0.717) is 30.2 Å². The van der Waals surface area contributed by atoms with E-state index < -0.39 is 6.03 Å². The van der Waals surface area contributed by atoms with Crippen molar-refractivity contribution in [2.24, 2.45) is 12.8 Å². The molecule has 1 rings (SSSR count). The molecule has 0 unspecified atom stereocenters. The van der Waals surface area contributed by atoms with Crippen LogP contribution in [0.3, 0.4) is 0 Å². The van der Waals surface area contributed by atoms with E-state index in [2.05, 4.69) is 21.8 Å².